The molecule has 3 rings (SSSR count). The molecule has 1 aromatic carbocycles. The standard InChI is InChI=1S/C21H23F2N3O/c1-13-9-18-17(24-20(13)25-19(27)11-21(2,3)4)7-8-26(18)12-14-10-15(22)5-6-16(14)23/h5-10H,11-12H2,1-4H3,(H,24,25,27). The highest BCUT2D eigenvalue weighted by atomic mass is 19.1. The molecule has 0 radical (unpaired) electrons. The maximum atomic E-state index is 13.9. The Morgan fingerprint density at radius 2 is 1.93 bits per heavy atom. The van der Waals surface area contributed by atoms with Gasteiger partial charge >= 0.3 is 0 Å². The van der Waals surface area contributed by atoms with E-state index in [4.69, 9.17) is 0 Å². The van der Waals surface area contributed by atoms with E-state index in [-0.39, 0.29) is 23.4 Å². The van der Waals surface area contributed by atoms with Crippen LogP contribution in [0.5, 0.6) is 0 Å². The predicted molar refractivity (Wildman–Crippen MR) is 103 cm³/mol. The van der Waals surface area contributed by atoms with E-state index in [0.29, 0.717) is 17.8 Å². The zero-order valence-electron chi connectivity index (χ0n) is 15.9. The molecule has 0 unspecified atom stereocenters. The average molecular weight is 371 g/mol. The zero-order chi connectivity index (χ0) is 19.8. The number of pyridine rings is 1. The molecule has 0 saturated carbocycles. The van der Waals surface area contributed by atoms with Crippen LogP contribution >= 0.6 is 0 Å². The van der Waals surface area contributed by atoms with Crippen LogP contribution in [0.2, 0.25) is 0 Å². The van der Waals surface area contributed by atoms with Crippen molar-refractivity contribution in [2.24, 2.45) is 5.41 Å². The van der Waals surface area contributed by atoms with Gasteiger partial charge in [0, 0.05) is 18.2 Å². The fourth-order valence-electron chi connectivity index (χ4n) is 2.98. The van der Waals surface area contributed by atoms with E-state index in [1.165, 1.54) is 6.07 Å². The summed E-state index contributed by atoms with van der Waals surface area (Å²) in [4.78, 5) is 16.7. The number of aryl methyl sites for hydroxylation is 1. The highest BCUT2D eigenvalue weighted by molar-refractivity contribution is 5.92. The number of aromatic nitrogens is 2. The van der Waals surface area contributed by atoms with Gasteiger partial charge in [0.1, 0.15) is 17.5 Å². The molecule has 3 aromatic rings. The minimum Gasteiger partial charge on any atom is -0.342 e. The zero-order valence-corrected chi connectivity index (χ0v) is 15.9. The Morgan fingerprint density at radius 1 is 1.19 bits per heavy atom. The molecule has 0 saturated heterocycles. The van der Waals surface area contributed by atoms with Gasteiger partial charge in [0.2, 0.25) is 5.91 Å². The third-order valence-corrected chi connectivity index (χ3v) is 4.24. The van der Waals surface area contributed by atoms with Gasteiger partial charge < -0.3 is 9.88 Å². The molecule has 1 amide bonds. The van der Waals surface area contributed by atoms with Gasteiger partial charge in [0.05, 0.1) is 17.6 Å². The first-order valence-corrected chi connectivity index (χ1v) is 8.83. The summed E-state index contributed by atoms with van der Waals surface area (Å²) in [6.45, 7) is 8.06. The van der Waals surface area contributed by atoms with Crippen LogP contribution in [0.4, 0.5) is 14.6 Å². The predicted octanol–water partition coefficient (Wildman–Crippen LogP) is 5.05. The van der Waals surface area contributed by atoms with Crippen LogP contribution in [0.1, 0.15) is 38.3 Å². The Bertz CT molecular complexity index is 1000. The topological polar surface area (TPSA) is 46.9 Å². The Kier molecular flexibility index (Phi) is 5.00. The second kappa shape index (κ2) is 7.10. The molecule has 2 heterocycles. The summed E-state index contributed by atoms with van der Waals surface area (Å²) in [5, 5.41) is 2.87. The number of carbonyl (C=O) groups is 1. The van der Waals surface area contributed by atoms with Gasteiger partial charge in [-0.05, 0) is 48.2 Å². The number of anilines is 1. The minimum absolute atomic E-state index is 0.0845. The van der Waals surface area contributed by atoms with E-state index in [2.05, 4.69) is 10.3 Å². The Labute approximate surface area is 157 Å². The van der Waals surface area contributed by atoms with Gasteiger partial charge in [-0.3, -0.25) is 4.79 Å². The Morgan fingerprint density at radius 3 is 2.63 bits per heavy atom. The lowest BCUT2D eigenvalue weighted by Crippen LogP contribution is -2.20. The van der Waals surface area contributed by atoms with Crippen LogP contribution in [0, 0.1) is 24.0 Å². The van der Waals surface area contributed by atoms with Gasteiger partial charge in [-0.1, -0.05) is 20.8 Å². The summed E-state index contributed by atoms with van der Waals surface area (Å²) < 4.78 is 29.2. The summed E-state index contributed by atoms with van der Waals surface area (Å²) in [5.41, 5.74) is 2.45. The molecule has 6 heteroatoms. The molecule has 0 bridgehead atoms. The van der Waals surface area contributed by atoms with Crippen molar-refractivity contribution in [3.05, 3.63) is 59.3 Å². The summed E-state index contributed by atoms with van der Waals surface area (Å²) >= 11 is 0. The van der Waals surface area contributed by atoms with E-state index in [0.717, 1.165) is 23.2 Å². The molecular formula is C21H23F2N3O. The number of halogens is 2. The first-order valence-electron chi connectivity index (χ1n) is 8.83. The largest absolute Gasteiger partial charge is 0.342 e. The van der Waals surface area contributed by atoms with Crippen molar-refractivity contribution < 1.29 is 13.6 Å². The quantitative estimate of drug-likeness (QED) is 0.698. The Balaban J connectivity index is 1.88. The summed E-state index contributed by atoms with van der Waals surface area (Å²) in [5.74, 6) is -0.486. The van der Waals surface area contributed by atoms with Crippen molar-refractivity contribution in [1.82, 2.24) is 9.55 Å². The van der Waals surface area contributed by atoms with Crippen molar-refractivity contribution in [3.8, 4) is 0 Å². The van der Waals surface area contributed by atoms with Crippen LogP contribution in [0.25, 0.3) is 11.0 Å². The third-order valence-electron chi connectivity index (χ3n) is 4.24. The van der Waals surface area contributed by atoms with E-state index in [1.54, 1.807) is 12.3 Å². The number of carbonyl (C=O) groups excluding carboxylic acids is 1. The molecule has 4 nitrogen and oxygen atoms in total. The number of rotatable bonds is 4. The second-order valence-corrected chi connectivity index (χ2v) is 8.02. The number of fused-ring (bicyclic) bond motifs is 1. The number of hydrogen-bond acceptors (Lipinski definition) is 2. The van der Waals surface area contributed by atoms with Gasteiger partial charge in [-0.25, -0.2) is 13.8 Å². The molecule has 2 aromatic heterocycles. The molecule has 1 N–H and O–H groups in total. The fraction of sp³-hybridized carbons (Fsp3) is 0.333. The maximum absolute atomic E-state index is 13.9. The molecule has 0 aliphatic rings. The van der Waals surface area contributed by atoms with E-state index in [9.17, 15) is 13.6 Å². The number of benzene rings is 1. The van der Waals surface area contributed by atoms with Crippen LogP contribution in [0.15, 0.2) is 36.5 Å². The molecule has 142 valence electrons. The van der Waals surface area contributed by atoms with Gasteiger partial charge in [-0.2, -0.15) is 0 Å². The number of hydrogen-bond donors (Lipinski definition) is 1. The van der Waals surface area contributed by atoms with Crippen LogP contribution in [0.3, 0.4) is 0 Å². The lowest BCUT2D eigenvalue weighted by Gasteiger charge is -2.17. The minimum atomic E-state index is -0.471. The molecule has 0 aliphatic carbocycles. The maximum Gasteiger partial charge on any atom is 0.226 e. The van der Waals surface area contributed by atoms with Crippen LogP contribution < -0.4 is 5.32 Å². The van der Waals surface area contributed by atoms with Crippen LogP contribution in [-0.4, -0.2) is 15.5 Å². The highest BCUT2D eigenvalue weighted by Gasteiger charge is 2.17. The fourth-order valence-corrected chi connectivity index (χ4v) is 2.98. The number of nitrogens with zero attached hydrogens (tertiary/aromatic N) is 2. The van der Waals surface area contributed by atoms with Crippen molar-refractivity contribution >= 4 is 22.8 Å². The van der Waals surface area contributed by atoms with E-state index < -0.39 is 11.6 Å². The lowest BCUT2D eigenvalue weighted by molar-refractivity contribution is -0.117. The number of amides is 1. The SMILES string of the molecule is Cc1cc2c(ccn2Cc2cc(F)ccc2F)nc1NC(=O)CC(C)(C)C. The summed E-state index contributed by atoms with van der Waals surface area (Å²) in [6, 6.07) is 7.12. The normalized spacial score (nSPS) is 11.8. The molecule has 27 heavy (non-hydrogen) atoms. The molecule has 0 atom stereocenters. The molecule has 0 aliphatic heterocycles. The smallest absolute Gasteiger partial charge is 0.226 e. The van der Waals surface area contributed by atoms with E-state index in [1.807, 2.05) is 38.3 Å². The van der Waals surface area contributed by atoms with Gasteiger partial charge in [0.25, 0.3) is 0 Å². The third kappa shape index (κ3) is 4.51. The first-order chi connectivity index (χ1) is 12.6. The summed E-state index contributed by atoms with van der Waals surface area (Å²) in [7, 11) is 0. The average Bonchev–Trinajstić information content (AvgIpc) is 2.91. The second-order valence-electron chi connectivity index (χ2n) is 8.02. The highest BCUT2D eigenvalue weighted by Crippen LogP contribution is 2.24. The van der Waals surface area contributed by atoms with Crippen molar-refractivity contribution in [1.29, 1.82) is 0 Å². The molecule has 0 spiro atoms. The lowest BCUT2D eigenvalue weighted by atomic mass is 9.92. The van der Waals surface area contributed by atoms with Crippen molar-refractivity contribution in [2.45, 2.75) is 40.7 Å². The van der Waals surface area contributed by atoms with Crippen molar-refractivity contribution in [2.75, 3.05) is 5.32 Å². The van der Waals surface area contributed by atoms with Gasteiger partial charge in [-0.15, -0.1) is 0 Å². The van der Waals surface area contributed by atoms with E-state index >= 15 is 0 Å². The van der Waals surface area contributed by atoms with Crippen molar-refractivity contribution in [3.63, 3.8) is 0 Å². The van der Waals surface area contributed by atoms with Crippen LogP contribution in [-0.2, 0) is 11.3 Å². The monoisotopic (exact) mass is 371 g/mol. The first kappa shape index (κ1) is 19.0. The molecular weight excluding hydrogens is 348 g/mol. The number of nitrogens with one attached hydrogen (secondary N) is 1. The summed E-state index contributed by atoms with van der Waals surface area (Å²) in [6.07, 6.45) is 2.17. The Hall–Kier alpha value is -2.76. The molecule has 0 fully saturated rings. The van der Waals surface area contributed by atoms with Gasteiger partial charge in [0.15, 0.2) is 0 Å².